The van der Waals surface area contributed by atoms with Crippen LogP contribution in [0.1, 0.15) is 0 Å². The Morgan fingerprint density at radius 1 is 1.62 bits per heavy atom. The Kier molecular flexibility index (Phi) is 6.83. The van der Waals surface area contributed by atoms with Crippen LogP contribution in [0.25, 0.3) is 0 Å². The molecule has 44 valence electrons. The van der Waals surface area contributed by atoms with Gasteiger partial charge in [-0.25, -0.2) is 0 Å². The van der Waals surface area contributed by atoms with Crippen molar-refractivity contribution in [1.82, 2.24) is 0 Å². The van der Waals surface area contributed by atoms with Gasteiger partial charge in [0.15, 0.2) is 0 Å². The first-order valence-corrected chi connectivity index (χ1v) is 2.94. The molecule has 0 radical (unpaired) electrons. The van der Waals surface area contributed by atoms with Gasteiger partial charge < -0.3 is 4.55 Å². The van der Waals surface area contributed by atoms with Gasteiger partial charge in [-0.3, -0.25) is 4.21 Å². The first-order valence-electron chi connectivity index (χ1n) is 1.10. The molecule has 1 atom stereocenters. The Hall–Kier alpha value is 1.62. The predicted octanol–water partition coefficient (Wildman–Crippen LogP) is -2.07. The molecule has 1 unspecified atom stereocenters. The van der Waals surface area contributed by atoms with Crippen LogP contribution in [-0.4, -0.2) is 12.7 Å². The molecule has 0 fully saturated rings. The third kappa shape index (κ3) is 5.75. The third-order valence-corrected chi connectivity index (χ3v) is 1.32. The Morgan fingerprint density at radius 2 is 1.75 bits per heavy atom. The molecular formula is CCl2FNaO2S. The minimum atomic E-state index is -3.14. The van der Waals surface area contributed by atoms with E-state index in [9.17, 15) is 13.2 Å². The Bertz CT molecular complexity index is 92.5. The van der Waals surface area contributed by atoms with Crippen molar-refractivity contribution >= 4 is 34.3 Å². The second kappa shape index (κ2) is 4.44. The van der Waals surface area contributed by atoms with Crippen LogP contribution in [0.2, 0.25) is 0 Å². The van der Waals surface area contributed by atoms with E-state index in [0.717, 1.165) is 0 Å². The third-order valence-electron chi connectivity index (χ3n) is 0.189. The zero-order chi connectivity index (χ0) is 6.08. The summed E-state index contributed by atoms with van der Waals surface area (Å²) >= 11 is 5.64. The largest absolute Gasteiger partial charge is 1.00 e. The van der Waals surface area contributed by atoms with Gasteiger partial charge in [-0.1, -0.05) is 23.2 Å². The monoisotopic (exact) mass is 188 g/mol. The number of hydrogen-bond acceptors (Lipinski definition) is 2. The van der Waals surface area contributed by atoms with Gasteiger partial charge in [0.1, 0.15) is 0 Å². The average molecular weight is 189 g/mol. The summed E-state index contributed by atoms with van der Waals surface area (Å²) in [5.41, 5.74) is 0. The summed E-state index contributed by atoms with van der Waals surface area (Å²) in [7, 11) is 0. The molecule has 0 bridgehead atoms. The fraction of sp³-hybridized carbons (Fsp3) is 1.00. The summed E-state index contributed by atoms with van der Waals surface area (Å²) < 4.78 is 27.1. The van der Waals surface area contributed by atoms with E-state index in [2.05, 4.69) is 23.2 Å². The van der Waals surface area contributed by atoms with Gasteiger partial charge in [-0.2, -0.15) is 4.39 Å². The quantitative estimate of drug-likeness (QED) is 0.270. The van der Waals surface area contributed by atoms with E-state index in [-0.39, 0.29) is 29.6 Å². The molecule has 0 heterocycles. The molecule has 8 heavy (non-hydrogen) atoms. The minimum absolute atomic E-state index is 0. The van der Waals surface area contributed by atoms with Gasteiger partial charge in [-0.05, 0) is 0 Å². The van der Waals surface area contributed by atoms with Crippen LogP contribution in [-0.2, 0) is 11.1 Å². The van der Waals surface area contributed by atoms with E-state index >= 15 is 0 Å². The molecule has 0 spiro atoms. The van der Waals surface area contributed by atoms with E-state index in [1.807, 2.05) is 0 Å². The van der Waals surface area contributed by atoms with Crippen LogP contribution in [0.15, 0.2) is 0 Å². The van der Waals surface area contributed by atoms with Crippen molar-refractivity contribution in [2.75, 3.05) is 0 Å². The van der Waals surface area contributed by atoms with Gasteiger partial charge >= 0.3 is 33.5 Å². The van der Waals surface area contributed by atoms with Crippen molar-refractivity contribution in [3.63, 3.8) is 0 Å². The minimum Gasteiger partial charge on any atom is -0.768 e. The Labute approximate surface area is 80.3 Å². The first kappa shape index (κ1) is 12.3. The van der Waals surface area contributed by atoms with Gasteiger partial charge in [0, 0.05) is 11.1 Å². The molecule has 0 N–H and O–H groups in total. The Balaban J connectivity index is 0. The predicted molar refractivity (Wildman–Crippen MR) is 24.5 cm³/mol. The molecule has 0 aliphatic rings. The van der Waals surface area contributed by atoms with E-state index in [1.54, 1.807) is 0 Å². The molecule has 0 rings (SSSR count). The number of halogens is 3. The van der Waals surface area contributed by atoms with E-state index in [1.165, 1.54) is 0 Å². The molecule has 0 aliphatic carbocycles. The normalized spacial score (nSPS) is 14.5. The molecule has 2 nitrogen and oxygen atoms in total. The molecule has 0 saturated carbocycles. The maximum atomic E-state index is 11.4. The average Bonchev–Trinajstić information content (AvgIpc) is 1.31. The molecule has 7 heteroatoms. The number of alkyl halides is 3. The van der Waals surface area contributed by atoms with Crippen LogP contribution >= 0.6 is 23.2 Å². The first-order chi connectivity index (χ1) is 2.94. The smallest absolute Gasteiger partial charge is 0.768 e. The van der Waals surface area contributed by atoms with Crippen LogP contribution < -0.4 is 29.6 Å². The fourth-order valence-electron chi connectivity index (χ4n) is 0. The Morgan fingerprint density at radius 3 is 1.75 bits per heavy atom. The number of hydrogen-bond donors (Lipinski definition) is 0. The molecule has 0 amide bonds. The second-order valence-corrected chi connectivity index (χ2v) is 3.40. The van der Waals surface area contributed by atoms with Gasteiger partial charge in [0.25, 0.3) is 0 Å². The van der Waals surface area contributed by atoms with Crippen molar-refractivity contribution in [2.24, 2.45) is 0 Å². The summed E-state index contributed by atoms with van der Waals surface area (Å²) in [5, 5.41) is 0. The van der Waals surface area contributed by atoms with Crippen LogP contribution in [0.5, 0.6) is 0 Å². The van der Waals surface area contributed by atoms with Crippen molar-refractivity contribution < 1.29 is 42.7 Å². The second-order valence-electron chi connectivity index (χ2n) is 0.680. The fourth-order valence-corrected chi connectivity index (χ4v) is 0. The number of rotatable bonds is 1. The molecule has 0 aromatic heterocycles. The van der Waals surface area contributed by atoms with E-state index < -0.39 is 15.0 Å². The molecule has 0 saturated heterocycles. The molecule has 0 aromatic rings. The standard InChI is InChI=1S/CHCl2FO2S.Na/c2-1(3,4)7(5)6;/h(H,5,6);/q;+1/p-1. The summed E-state index contributed by atoms with van der Waals surface area (Å²) in [5.74, 6) is 0. The van der Waals surface area contributed by atoms with Crippen LogP contribution in [0.4, 0.5) is 4.39 Å². The van der Waals surface area contributed by atoms with E-state index in [4.69, 9.17) is 0 Å². The molecule has 0 aliphatic heterocycles. The van der Waals surface area contributed by atoms with Crippen molar-refractivity contribution in [3.05, 3.63) is 0 Å². The summed E-state index contributed by atoms with van der Waals surface area (Å²) in [6.07, 6.45) is 0. The van der Waals surface area contributed by atoms with E-state index in [0.29, 0.717) is 0 Å². The maximum Gasteiger partial charge on any atom is 1.00 e. The van der Waals surface area contributed by atoms with Gasteiger partial charge in [-0.15, -0.1) is 0 Å². The van der Waals surface area contributed by atoms with Crippen molar-refractivity contribution in [2.45, 2.75) is 3.92 Å². The summed E-state index contributed by atoms with van der Waals surface area (Å²) in [6, 6.07) is 0. The van der Waals surface area contributed by atoms with Gasteiger partial charge in [0.2, 0.25) is 0 Å². The molecule has 0 aromatic carbocycles. The zero-order valence-corrected chi connectivity index (χ0v) is 8.19. The SMILES string of the molecule is O=S([O-])C(F)(Cl)Cl.[Na+]. The zero-order valence-electron chi connectivity index (χ0n) is 3.86. The van der Waals surface area contributed by atoms with Crippen molar-refractivity contribution in [1.29, 1.82) is 0 Å². The maximum absolute atomic E-state index is 11.4. The topological polar surface area (TPSA) is 40.1 Å². The summed E-state index contributed by atoms with van der Waals surface area (Å²) in [6.45, 7) is 0. The molecular weight excluding hydrogens is 189 g/mol. The van der Waals surface area contributed by atoms with Crippen LogP contribution in [0.3, 0.4) is 0 Å². The van der Waals surface area contributed by atoms with Crippen molar-refractivity contribution in [3.8, 4) is 0 Å². The summed E-state index contributed by atoms with van der Waals surface area (Å²) in [4.78, 5) is 0. The van der Waals surface area contributed by atoms with Crippen LogP contribution in [0, 0.1) is 0 Å². The van der Waals surface area contributed by atoms with Gasteiger partial charge in [0.05, 0.1) is 0 Å².